The Morgan fingerprint density at radius 2 is 1.35 bits per heavy atom. The molecule has 2 aromatic rings. The van der Waals surface area contributed by atoms with Gasteiger partial charge in [-0.3, -0.25) is 0 Å². The Morgan fingerprint density at radius 3 is 1.85 bits per heavy atom. The average Bonchev–Trinajstić information content (AvgIpc) is 2.51. The van der Waals surface area contributed by atoms with Crippen LogP contribution in [0.3, 0.4) is 0 Å². The van der Waals surface area contributed by atoms with Crippen molar-refractivity contribution in [2.45, 2.75) is 0 Å². The van der Waals surface area contributed by atoms with Crippen LogP contribution in [0.15, 0.2) is 30.3 Å². The normalized spacial score (nSPS) is 10.2. The summed E-state index contributed by atoms with van der Waals surface area (Å²) in [6, 6.07) is 8.56. The zero-order valence-corrected chi connectivity index (χ0v) is 11.4. The highest BCUT2D eigenvalue weighted by atomic mass is 16.5. The van der Waals surface area contributed by atoms with Gasteiger partial charge in [0, 0.05) is 0 Å². The van der Waals surface area contributed by atoms with Crippen LogP contribution in [0.25, 0.3) is 10.8 Å². The fourth-order valence-electron chi connectivity index (χ4n) is 1.96. The maximum atomic E-state index is 11.8. The standard InChI is InChI=1S/C15H14O5/c1-18-11-5-4-9-7-12(14(16)19-2)13(15(17)20-3)8-10(9)6-11/h4-8H,1-3H3. The third-order valence-corrected chi connectivity index (χ3v) is 2.99. The zero-order chi connectivity index (χ0) is 14.7. The Bertz CT molecular complexity index is 675. The van der Waals surface area contributed by atoms with Gasteiger partial charge in [0.2, 0.25) is 0 Å². The molecule has 0 bridgehead atoms. The van der Waals surface area contributed by atoms with Gasteiger partial charge in [0.25, 0.3) is 0 Å². The summed E-state index contributed by atoms with van der Waals surface area (Å²) < 4.78 is 14.5. The number of methoxy groups -OCH3 is 3. The van der Waals surface area contributed by atoms with E-state index in [1.807, 2.05) is 6.07 Å². The molecule has 0 atom stereocenters. The molecule has 0 amide bonds. The summed E-state index contributed by atoms with van der Waals surface area (Å²) in [5, 5.41) is 1.58. The summed E-state index contributed by atoms with van der Waals surface area (Å²) in [4.78, 5) is 23.6. The molecule has 5 heteroatoms. The number of rotatable bonds is 3. The predicted octanol–water partition coefficient (Wildman–Crippen LogP) is 2.42. The second-order valence-corrected chi connectivity index (χ2v) is 4.09. The third-order valence-electron chi connectivity index (χ3n) is 2.99. The molecule has 0 unspecified atom stereocenters. The monoisotopic (exact) mass is 274 g/mol. The quantitative estimate of drug-likeness (QED) is 0.804. The molecule has 0 N–H and O–H groups in total. The topological polar surface area (TPSA) is 61.8 Å². The van der Waals surface area contributed by atoms with E-state index in [2.05, 4.69) is 0 Å². The lowest BCUT2D eigenvalue weighted by molar-refractivity contribution is 0.0555. The van der Waals surface area contributed by atoms with Gasteiger partial charge >= 0.3 is 11.9 Å². The first kappa shape index (κ1) is 13.9. The van der Waals surface area contributed by atoms with Crippen LogP contribution < -0.4 is 4.74 Å². The van der Waals surface area contributed by atoms with E-state index in [9.17, 15) is 9.59 Å². The molecule has 0 aliphatic carbocycles. The van der Waals surface area contributed by atoms with Gasteiger partial charge in [0.15, 0.2) is 0 Å². The highest BCUT2D eigenvalue weighted by molar-refractivity contribution is 6.07. The second kappa shape index (κ2) is 5.61. The Hall–Kier alpha value is -2.56. The lowest BCUT2D eigenvalue weighted by Gasteiger charge is -2.09. The average molecular weight is 274 g/mol. The molecule has 2 rings (SSSR count). The summed E-state index contributed by atoms with van der Waals surface area (Å²) in [5.41, 5.74) is 0.345. The van der Waals surface area contributed by atoms with Crippen molar-refractivity contribution in [1.29, 1.82) is 0 Å². The van der Waals surface area contributed by atoms with E-state index in [1.165, 1.54) is 14.2 Å². The largest absolute Gasteiger partial charge is 0.497 e. The van der Waals surface area contributed by atoms with E-state index < -0.39 is 11.9 Å². The van der Waals surface area contributed by atoms with Crippen molar-refractivity contribution in [3.8, 4) is 5.75 Å². The van der Waals surface area contributed by atoms with Gasteiger partial charge in [-0.15, -0.1) is 0 Å². The molecule has 0 saturated carbocycles. The SMILES string of the molecule is COC(=O)c1cc2ccc(OC)cc2cc1C(=O)OC. The van der Waals surface area contributed by atoms with Crippen molar-refractivity contribution >= 4 is 22.7 Å². The van der Waals surface area contributed by atoms with Crippen LogP contribution in [0.1, 0.15) is 20.7 Å². The summed E-state index contributed by atoms with van der Waals surface area (Å²) >= 11 is 0. The number of carbonyl (C=O) groups is 2. The maximum Gasteiger partial charge on any atom is 0.338 e. The Labute approximate surface area is 116 Å². The first-order valence-electron chi connectivity index (χ1n) is 5.89. The predicted molar refractivity (Wildman–Crippen MR) is 73.2 cm³/mol. The number of benzene rings is 2. The van der Waals surface area contributed by atoms with E-state index in [4.69, 9.17) is 14.2 Å². The molecule has 0 aromatic heterocycles. The van der Waals surface area contributed by atoms with Crippen molar-refractivity contribution in [3.05, 3.63) is 41.5 Å². The molecule has 104 valence electrons. The minimum absolute atomic E-state index is 0.167. The highest BCUT2D eigenvalue weighted by Gasteiger charge is 2.19. The van der Waals surface area contributed by atoms with Crippen LogP contribution in [0.5, 0.6) is 5.75 Å². The fraction of sp³-hybridized carbons (Fsp3) is 0.200. The Kier molecular flexibility index (Phi) is 3.89. The van der Waals surface area contributed by atoms with E-state index in [0.717, 1.165) is 10.8 Å². The minimum Gasteiger partial charge on any atom is -0.497 e. The fourth-order valence-corrected chi connectivity index (χ4v) is 1.96. The van der Waals surface area contributed by atoms with E-state index in [0.29, 0.717) is 5.75 Å². The Balaban J connectivity index is 2.70. The van der Waals surface area contributed by atoms with Gasteiger partial charge in [-0.25, -0.2) is 9.59 Å². The number of esters is 2. The molecule has 0 spiro atoms. The number of hydrogen-bond donors (Lipinski definition) is 0. The number of ether oxygens (including phenoxy) is 3. The molecule has 0 fully saturated rings. The zero-order valence-electron chi connectivity index (χ0n) is 11.4. The van der Waals surface area contributed by atoms with Crippen LogP contribution in [0, 0.1) is 0 Å². The van der Waals surface area contributed by atoms with Gasteiger partial charge in [0.1, 0.15) is 5.75 Å². The lowest BCUT2D eigenvalue weighted by atomic mass is 10.0. The molecule has 0 saturated heterocycles. The number of carbonyl (C=O) groups excluding carboxylic acids is 2. The molecule has 0 radical (unpaired) electrons. The van der Waals surface area contributed by atoms with Crippen molar-refractivity contribution in [3.63, 3.8) is 0 Å². The van der Waals surface area contributed by atoms with E-state index >= 15 is 0 Å². The lowest BCUT2D eigenvalue weighted by Crippen LogP contribution is -2.11. The smallest absolute Gasteiger partial charge is 0.338 e. The Morgan fingerprint density at radius 1 is 0.800 bits per heavy atom. The minimum atomic E-state index is -0.588. The number of fused-ring (bicyclic) bond motifs is 1. The molecule has 0 aliphatic rings. The number of hydrogen-bond acceptors (Lipinski definition) is 5. The third kappa shape index (κ3) is 2.42. The van der Waals surface area contributed by atoms with Gasteiger partial charge < -0.3 is 14.2 Å². The van der Waals surface area contributed by atoms with Gasteiger partial charge in [-0.2, -0.15) is 0 Å². The molecular weight excluding hydrogens is 260 g/mol. The molecule has 2 aromatic carbocycles. The molecule has 20 heavy (non-hydrogen) atoms. The van der Waals surface area contributed by atoms with Crippen molar-refractivity contribution in [1.82, 2.24) is 0 Å². The summed E-state index contributed by atoms with van der Waals surface area (Å²) in [6.45, 7) is 0. The van der Waals surface area contributed by atoms with Crippen LogP contribution in [-0.4, -0.2) is 33.3 Å². The van der Waals surface area contributed by atoms with E-state index in [-0.39, 0.29) is 11.1 Å². The molecule has 5 nitrogen and oxygen atoms in total. The summed E-state index contributed by atoms with van der Waals surface area (Å²) in [5.74, 6) is -0.502. The van der Waals surface area contributed by atoms with Crippen LogP contribution in [-0.2, 0) is 9.47 Å². The molecular formula is C15H14O5. The van der Waals surface area contributed by atoms with Crippen molar-refractivity contribution in [2.75, 3.05) is 21.3 Å². The van der Waals surface area contributed by atoms with Crippen LogP contribution in [0.2, 0.25) is 0 Å². The van der Waals surface area contributed by atoms with Gasteiger partial charge in [-0.1, -0.05) is 6.07 Å². The first-order valence-corrected chi connectivity index (χ1v) is 5.89. The first-order chi connectivity index (χ1) is 9.60. The maximum absolute atomic E-state index is 11.8. The highest BCUT2D eigenvalue weighted by Crippen LogP contribution is 2.25. The second-order valence-electron chi connectivity index (χ2n) is 4.09. The van der Waals surface area contributed by atoms with E-state index in [1.54, 1.807) is 31.4 Å². The summed E-state index contributed by atoms with van der Waals surface area (Å²) in [6.07, 6.45) is 0. The summed E-state index contributed by atoms with van der Waals surface area (Å²) in [7, 11) is 4.09. The van der Waals surface area contributed by atoms with Gasteiger partial charge in [0.05, 0.1) is 32.5 Å². The van der Waals surface area contributed by atoms with Crippen molar-refractivity contribution in [2.24, 2.45) is 0 Å². The molecule has 0 heterocycles. The van der Waals surface area contributed by atoms with Crippen LogP contribution in [0.4, 0.5) is 0 Å². The van der Waals surface area contributed by atoms with Crippen LogP contribution >= 0.6 is 0 Å². The van der Waals surface area contributed by atoms with Crippen molar-refractivity contribution < 1.29 is 23.8 Å². The molecule has 0 aliphatic heterocycles. The van der Waals surface area contributed by atoms with Gasteiger partial charge in [-0.05, 0) is 35.0 Å².